The lowest BCUT2D eigenvalue weighted by molar-refractivity contribution is -0.00747. The number of nitrogens with two attached hydrogens (primary N) is 1. The highest BCUT2D eigenvalue weighted by molar-refractivity contribution is 5.69. The van der Waals surface area contributed by atoms with Gasteiger partial charge in [0.1, 0.15) is 32.3 Å². The van der Waals surface area contributed by atoms with Gasteiger partial charge in [0, 0.05) is 16.4 Å². The first-order valence-corrected chi connectivity index (χ1v) is 22.8. The highest BCUT2D eigenvalue weighted by Crippen LogP contribution is 2.45. The number of aliphatic hydroxyl groups excluding tert-OH is 2. The molecule has 0 heterocycles. The number of hydrogen-bond acceptors (Lipinski definition) is 7. The van der Waals surface area contributed by atoms with E-state index in [9.17, 15) is 32.6 Å². The number of alkyl halides is 4. The predicted molar refractivity (Wildman–Crippen MR) is 247 cm³/mol. The largest absolute Gasteiger partial charge is 0.444 e. The van der Waals surface area contributed by atoms with Gasteiger partial charge in [0.25, 0.3) is 0 Å². The SMILES string of the molecule is C[C@@H](OCC1(c2ccccc2)CCC(CO)(NC(=O)OC(C)(C)C)CC1)c1cc(CF)cc(CF)c1.C[C@@H](OCC1(c2ccccc2)CCC(N)(CO)CC1)c1cc(CF)cc(CF)c1. The van der Waals surface area contributed by atoms with Gasteiger partial charge in [-0.15, -0.1) is 0 Å². The number of halogens is 4. The molecule has 8 nitrogen and oxygen atoms in total. The Morgan fingerprint density at radius 2 is 0.985 bits per heavy atom. The van der Waals surface area contributed by atoms with Gasteiger partial charge >= 0.3 is 6.09 Å². The van der Waals surface area contributed by atoms with E-state index in [4.69, 9.17) is 19.9 Å². The summed E-state index contributed by atoms with van der Waals surface area (Å²) in [5.74, 6) is 0. The summed E-state index contributed by atoms with van der Waals surface area (Å²) in [5, 5.41) is 22.8. The Bertz CT molecular complexity index is 2040. The lowest BCUT2D eigenvalue weighted by atomic mass is 9.64. The molecule has 2 atom stereocenters. The molecular formula is C53H70F4N2O6. The van der Waals surface area contributed by atoms with Gasteiger partial charge in [-0.25, -0.2) is 22.4 Å². The quantitative estimate of drug-likeness (QED) is 0.0778. The zero-order valence-corrected chi connectivity index (χ0v) is 38.8. The van der Waals surface area contributed by atoms with Crippen LogP contribution in [0.15, 0.2) is 97.1 Å². The van der Waals surface area contributed by atoms with E-state index in [-0.39, 0.29) is 36.3 Å². The third-order valence-corrected chi connectivity index (χ3v) is 13.4. The van der Waals surface area contributed by atoms with Crippen molar-refractivity contribution in [2.24, 2.45) is 5.73 Å². The molecule has 2 aliphatic rings. The van der Waals surface area contributed by atoms with Crippen molar-refractivity contribution in [3.63, 3.8) is 0 Å². The third kappa shape index (κ3) is 13.9. The van der Waals surface area contributed by atoms with E-state index >= 15 is 0 Å². The highest BCUT2D eigenvalue weighted by Gasteiger charge is 2.46. The zero-order valence-electron chi connectivity index (χ0n) is 38.8. The molecule has 356 valence electrons. The molecule has 4 aromatic rings. The second-order valence-electron chi connectivity index (χ2n) is 19.5. The summed E-state index contributed by atoms with van der Waals surface area (Å²) >= 11 is 0. The lowest BCUT2D eigenvalue weighted by Gasteiger charge is -2.46. The topological polar surface area (TPSA) is 123 Å². The molecule has 65 heavy (non-hydrogen) atoms. The summed E-state index contributed by atoms with van der Waals surface area (Å²) in [6, 6.07) is 30.4. The van der Waals surface area contributed by atoms with Gasteiger partial charge in [-0.05, 0) is 130 Å². The number of rotatable bonds is 17. The fourth-order valence-electron chi connectivity index (χ4n) is 9.17. The summed E-state index contributed by atoms with van der Waals surface area (Å²) < 4.78 is 71.0. The molecule has 4 aromatic carbocycles. The van der Waals surface area contributed by atoms with Crippen molar-refractivity contribution in [2.45, 2.75) is 152 Å². The number of ether oxygens (including phenoxy) is 3. The molecule has 2 saturated carbocycles. The number of hydrogen-bond donors (Lipinski definition) is 4. The number of amides is 1. The molecule has 0 bridgehead atoms. The van der Waals surface area contributed by atoms with Crippen LogP contribution in [-0.4, -0.2) is 59.4 Å². The number of nitrogens with one attached hydrogen (secondary N) is 1. The molecule has 0 spiro atoms. The van der Waals surface area contributed by atoms with Gasteiger partial charge in [-0.3, -0.25) is 0 Å². The van der Waals surface area contributed by atoms with Crippen molar-refractivity contribution in [2.75, 3.05) is 26.4 Å². The van der Waals surface area contributed by atoms with E-state index in [0.29, 0.717) is 61.2 Å². The zero-order chi connectivity index (χ0) is 47.3. The molecule has 6 rings (SSSR count). The van der Waals surface area contributed by atoms with E-state index in [2.05, 4.69) is 29.6 Å². The van der Waals surface area contributed by atoms with Crippen LogP contribution >= 0.6 is 0 Å². The van der Waals surface area contributed by atoms with Crippen LogP contribution < -0.4 is 11.1 Å². The Balaban J connectivity index is 0.000000250. The number of carbonyl (C=O) groups excluding carboxylic acids is 1. The van der Waals surface area contributed by atoms with Crippen LogP contribution in [-0.2, 0) is 51.7 Å². The number of carbonyl (C=O) groups is 1. The van der Waals surface area contributed by atoms with Crippen molar-refractivity contribution in [3.05, 3.63) is 142 Å². The predicted octanol–water partition coefficient (Wildman–Crippen LogP) is 11.4. The van der Waals surface area contributed by atoms with Crippen molar-refractivity contribution in [1.82, 2.24) is 5.32 Å². The third-order valence-electron chi connectivity index (χ3n) is 13.4. The van der Waals surface area contributed by atoms with Crippen LogP contribution in [0.5, 0.6) is 0 Å². The minimum atomic E-state index is -0.766. The molecule has 0 unspecified atom stereocenters. The Labute approximate surface area is 383 Å². The Morgan fingerprint density at radius 3 is 1.31 bits per heavy atom. The first kappa shape index (κ1) is 51.7. The van der Waals surface area contributed by atoms with Crippen LogP contribution in [0.25, 0.3) is 0 Å². The first-order valence-electron chi connectivity index (χ1n) is 22.8. The minimum Gasteiger partial charge on any atom is -0.444 e. The molecule has 5 N–H and O–H groups in total. The van der Waals surface area contributed by atoms with E-state index in [1.165, 1.54) is 11.6 Å². The Kier molecular flexibility index (Phi) is 18.2. The average molecular weight is 907 g/mol. The molecular weight excluding hydrogens is 837 g/mol. The average Bonchev–Trinajstić information content (AvgIpc) is 3.33. The van der Waals surface area contributed by atoms with Crippen LogP contribution in [0, 0.1) is 0 Å². The second-order valence-corrected chi connectivity index (χ2v) is 19.5. The van der Waals surface area contributed by atoms with Gasteiger partial charge < -0.3 is 35.5 Å². The number of alkyl carbamates (subject to hydrolysis) is 1. The maximum atomic E-state index is 13.3. The summed E-state index contributed by atoms with van der Waals surface area (Å²) in [6.07, 6.45) is 4.38. The monoisotopic (exact) mass is 907 g/mol. The Hall–Kier alpha value is -4.33. The molecule has 0 radical (unpaired) electrons. The van der Waals surface area contributed by atoms with Crippen LogP contribution in [0.2, 0.25) is 0 Å². The first-order chi connectivity index (χ1) is 31.0. The molecule has 0 aromatic heterocycles. The summed E-state index contributed by atoms with van der Waals surface area (Å²) in [5.41, 5.74) is 9.54. The van der Waals surface area contributed by atoms with Gasteiger partial charge in [0.05, 0.1) is 44.2 Å². The van der Waals surface area contributed by atoms with Crippen molar-refractivity contribution >= 4 is 6.09 Å². The van der Waals surface area contributed by atoms with E-state index in [1.807, 2.05) is 50.2 Å². The fraction of sp³-hybridized carbons (Fsp3) is 0.528. The van der Waals surface area contributed by atoms with E-state index in [1.54, 1.807) is 51.1 Å². The van der Waals surface area contributed by atoms with E-state index < -0.39 is 49.5 Å². The summed E-state index contributed by atoms with van der Waals surface area (Å²) in [6.45, 7) is 7.35. The second kappa shape index (κ2) is 22.9. The van der Waals surface area contributed by atoms with Crippen molar-refractivity contribution in [1.29, 1.82) is 0 Å². The molecule has 0 aliphatic heterocycles. The van der Waals surface area contributed by atoms with Gasteiger partial charge in [0.15, 0.2) is 0 Å². The molecule has 1 amide bonds. The number of benzene rings is 4. The van der Waals surface area contributed by atoms with Crippen LogP contribution in [0.4, 0.5) is 22.4 Å². The Morgan fingerprint density at radius 1 is 0.615 bits per heavy atom. The standard InChI is InChI=1S/C29H39F2NO4.C24H31F2NO2/c1-21(24-15-22(17-30)14-23(16-24)18-31)35-20-28(25-8-6-5-7-9-25)10-12-29(19-33,13-11-28)32-26(34)36-27(2,3)4;1-18(21-12-19(14-25)11-20(13-21)15-26)29-17-23(22-5-3-2-4-6-22)7-9-24(27,16-28)10-8-23/h5-9,14-16,21,33H,10-13,17-20H2,1-4H3,(H,32,34);2-6,11-13,18,28H,7-10,14-17,27H2,1H3/t21-,28?,29?;18-,23?,24?/m11/s1. The summed E-state index contributed by atoms with van der Waals surface area (Å²) in [4.78, 5) is 12.5. The smallest absolute Gasteiger partial charge is 0.408 e. The van der Waals surface area contributed by atoms with Gasteiger partial charge in [0.2, 0.25) is 0 Å². The molecule has 0 saturated heterocycles. The normalized spacial score (nSPS) is 24.3. The van der Waals surface area contributed by atoms with Crippen LogP contribution in [0.3, 0.4) is 0 Å². The van der Waals surface area contributed by atoms with Gasteiger partial charge in [-0.2, -0.15) is 0 Å². The number of aliphatic hydroxyl groups is 2. The molecule has 12 heteroatoms. The van der Waals surface area contributed by atoms with Crippen molar-refractivity contribution < 1.29 is 46.8 Å². The van der Waals surface area contributed by atoms with E-state index in [0.717, 1.165) is 42.4 Å². The van der Waals surface area contributed by atoms with Crippen molar-refractivity contribution in [3.8, 4) is 0 Å². The molecule has 2 aliphatic carbocycles. The highest BCUT2D eigenvalue weighted by atomic mass is 19.1. The minimum absolute atomic E-state index is 0.0167. The maximum Gasteiger partial charge on any atom is 0.408 e. The van der Waals surface area contributed by atoms with Gasteiger partial charge in [-0.1, -0.05) is 97.1 Å². The maximum absolute atomic E-state index is 13.3. The fourth-order valence-corrected chi connectivity index (χ4v) is 9.17. The molecule has 2 fully saturated rings. The van der Waals surface area contributed by atoms with Crippen LogP contribution in [0.1, 0.15) is 143 Å². The summed E-state index contributed by atoms with van der Waals surface area (Å²) in [7, 11) is 0. The lowest BCUT2D eigenvalue weighted by Crippen LogP contribution is -2.57.